The summed E-state index contributed by atoms with van der Waals surface area (Å²) in [5.41, 5.74) is 2.88. The number of cyclic esters (lactones) is 1. The maximum Gasteiger partial charge on any atom is 0.414 e. The molecule has 9 heteroatoms. The van der Waals surface area contributed by atoms with E-state index in [1.807, 2.05) is 42.5 Å². The molecule has 8 nitrogen and oxygen atoms in total. The van der Waals surface area contributed by atoms with Crippen LogP contribution in [0.4, 0.5) is 21.9 Å². The summed E-state index contributed by atoms with van der Waals surface area (Å²) in [7, 11) is 0. The van der Waals surface area contributed by atoms with Gasteiger partial charge in [0.15, 0.2) is 0 Å². The molecule has 0 radical (unpaired) electrons. The third-order valence-electron chi connectivity index (χ3n) is 5.51. The molecule has 0 aromatic heterocycles. The highest BCUT2D eigenvalue weighted by molar-refractivity contribution is 8.00. The van der Waals surface area contributed by atoms with Gasteiger partial charge in [0.05, 0.1) is 23.5 Å². The Morgan fingerprint density at radius 2 is 2.06 bits per heavy atom. The lowest BCUT2D eigenvalue weighted by Gasteiger charge is -2.20. The number of nitrogens with zero attached hydrogens (tertiary/aromatic N) is 1. The molecular formula is C24H28N4O4S. The molecule has 1 fully saturated rings. The molecule has 1 atom stereocenters. The van der Waals surface area contributed by atoms with E-state index in [0.29, 0.717) is 42.9 Å². The van der Waals surface area contributed by atoms with E-state index >= 15 is 0 Å². The van der Waals surface area contributed by atoms with E-state index in [9.17, 15) is 14.4 Å². The predicted octanol–water partition coefficient (Wildman–Crippen LogP) is 4.09. The Morgan fingerprint density at radius 1 is 1.21 bits per heavy atom. The number of nitrogens with one attached hydrogen (secondary N) is 3. The highest BCUT2D eigenvalue weighted by Crippen LogP contribution is 2.35. The number of carbonyl (C=O) groups is 3. The van der Waals surface area contributed by atoms with Gasteiger partial charge >= 0.3 is 6.09 Å². The van der Waals surface area contributed by atoms with Crippen LogP contribution in [0.25, 0.3) is 0 Å². The minimum Gasteiger partial charge on any atom is -0.444 e. The molecule has 2 aliphatic rings. The van der Waals surface area contributed by atoms with Crippen LogP contribution in [0.15, 0.2) is 47.4 Å². The molecule has 4 rings (SSSR count). The minimum absolute atomic E-state index is 0.0441. The van der Waals surface area contributed by atoms with Crippen molar-refractivity contribution in [2.75, 3.05) is 40.9 Å². The summed E-state index contributed by atoms with van der Waals surface area (Å²) < 4.78 is 5.52. The normalized spacial score (nSPS) is 17.2. The van der Waals surface area contributed by atoms with Crippen LogP contribution in [0.3, 0.4) is 0 Å². The first-order chi connectivity index (χ1) is 16.0. The van der Waals surface area contributed by atoms with Gasteiger partial charge in [0.1, 0.15) is 6.10 Å². The lowest BCUT2D eigenvalue weighted by Crippen LogP contribution is -2.27. The number of hydrogen-bond acceptors (Lipinski definition) is 6. The molecule has 0 unspecified atom stereocenters. The van der Waals surface area contributed by atoms with Crippen LogP contribution in [0, 0.1) is 0 Å². The van der Waals surface area contributed by atoms with Crippen molar-refractivity contribution >= 4 is 46.7 Å². The summed E-state index contributed by atoms with van der Waals surface area (Å²) in [5.74, 6) is 0.239. The lowest BCUT2D eigenvalue weighted by molar-refractivity contribution is -0.113. The van der Waals surface area contributed by atoms with E-state index in [4.69, 9.17) is 4.74 Å². The lowest BCUT2D eigenvalue weighted by atomic mass is 10.1. The first kappa shape index (κ1) is 23.0. The number of rotatable bonds is 9. The molecule has 2 aliphatic heterocycles. The van der Waals surface area contributed by atoms with E-state index < -0.39 is 6.09 Å². The van der Waals surface area contributed by atoms with Crippen molar-refractivity contribution in [3.8, 4) is 0 Å². The molecule has 0 saturated carbocycles. The third kappa shape index (κ3) is 5.60. The Balaban J connectivity index is 1.26. The van der Waals surface area contributed by atoms with Gasteiger partial charge in [0, 0.05) is 29.4 Å². The minimum atomic E-state index is -0.394. The Bertz CT molecular complexity index is 1040. The van der Waals surface area contributed by atoms with Crippen LogP contribution in [-0.2, 0) is 9.53 Å². The van der Waals surface area contributed by atoms with Crippen molar-refractivity contribution in [2.45, 2.75) is 37.2 Å². The zero-order valence-corrected chi connectivity index (χ0v) is 19.4. The smallest absolute Gasteiger partial charge is 0.414 e. The second-order valence-corrected chi connectivity index (χ2v) is 9.02. The van der Waals surface area contributed by atoms with Crippen LogP contribution in [0.2, 0.25) is 0 Å². The van der Waals surface area contributed by atoms with Gasteiger partial charge in [-0.05, 0) is 49.6 Å². The molecule has 0 spiro atoms. The Labute approximate surface area is 197 Å². The molecule has 0 aliphatic carbocycles. The molecular weight excluding hydrogens is 440 g/mol. The van der Waals surface area contributed by atoms with E-state index in [0.717, 1.165) is 29.2 Å². The molecule has 3 amide bonds. The van der Waals surface area contributed by atoms with Crippen molar-refractivity contribution in [1.82, 2.24) is 5.32 Å². The summed E-state index contributed by atoms with van der Waals surface area (Å²) in [6, 6.07) is 13.1. The summed E-state index contributed by atoms with van der Waals surface area (Å²) >= 11 is 1.48. The Kier molecular flexibility index (Phi) is 7.39. The molecule has 174 valence electrons. The zero-order chi connectivity index (χ0) is 23.2. The molecule has 33 heavy (non-hydrogen) atoms. The summed E-state index contributed by atoms with van der Waals surface area (Å²) in [5, 5.41) is 9.08. The number of hydrogen-bond donors (Lipinski definition) is 3. The predicted molar refractivity (Wildman–Crippen MR) is 130 cm³/mol. The molecule has 1 saturated heterocycles. The van der Waals surface area contributed by atoms with Crippen molar-refractivity contribution < 1.29 is 19.1 Å². The molecule has 0 bridgehead atoms. The number of para-hydroxylation sites is 1. The zero-order valence-electron chi connectivity index (χ0n) is 18.6. The number of carbonyl (C=O) groups excluding carboxylic acids is 3. The van der Waals surface area contributed by atoms with Crippen LogP contribution in [-0.4, -0.2) is 49.4 Å². The number of amides is 3. The highest BCUT2D eigenvalue weighted by Gasteiger charge is 2.32. The average Bonchev–Trinajstić information content (AvgIpc) is 3.20. The number of benzene rings is 2. The molecule has 2 aromatic carbocycles. The van der Waals surface area contributed by atoms with Gasteiger partial charge in [0.25, 0.3) is 5.91 Å². The third-order valence-corrected chi connectivity index (χ3v) is 6.58. The molecule has 2 aromatic rings. The SMILES string of the molecule is CCCNc1ccccc1C(=O)NCCC[C@@H]1CN(c2ccc3c(c2)NC(=O)CS3)C(=O)O1. The van der Waals surface area contributed by atoms with Gasteiger partial charge in [-0.1, -0.05) is 19.1 Å². The van der Waals surface area contributed by atoms with Crippen LogP contribution >= 0.6 is 11.8 Å². The van der Waals surface area contributed by atoms with Crippen molar-refractivity contribution in [3.63, 3.8) is 0 Å². The van der Waals surface area contributed by atoms with Crippen molar-refractivity contribution in [3.05, 3.63) is 48.0 Å². The van der Waals surface area contributed by atoms with Crippen LogP contribution < -0.4 is 20.9 Å². The summed E-state index contributed by atoms with van der Waals surface area (Å²) in [6.07, 6.45) is 1.68. The molecule has 3 N–H and O–H groups in total. The average molecular weight is 469 g/mol. The van der Waals surface area contributed by atoms with Gasteiger partial charge in [0.2, 0.25) is 5.91 Å². The fraction of sp³-hybridized carbons (Fsp3) is 0.375. The number of fused-ring (bicyclic) bond motifs is 1. The maximum absolute atomic E-state index is 12.6. The van der Waals surface area contributed by atoms with Crippen LogP contribution in [0.1, 0.15) is 36.5 Å². The van der Waals surface area contributed by atoms with Crippen LogP contribution in [0.5, 0.6) is 0 Å². The first-order valence-electron chi connectivity index (χ1n) is 11.2. The molecule has 2 heterocycles. The van der Waals surface area contributed by atoms with E-state index in [1.165, 1.54) is 11.8 Å². The van der Waals surface area contributed by atoms with E-state index in [2.05, 4.69) is 22.9 Å². The van der Waals surface area contributed by atoms with Gasteiger partial charge < -0.3 is 20.7 Å². The largest absolute Gasteiger partial charge is 0.444 e. The number of ether oxygens (including phenoxy) is 1. The van der Waals surface area contributed by atoms with Gasteiger partial charge in [-0.25, -0.2) is 4.79 Å². The summed E-state index contributed by atoms with van der Waals surface area (Å²) in [6.45, 7) is 3.83. The van der Waals surface area contributed by atoms with Crippen molar-refractivity contribution in [1.29, 1.82) is 0 Å². The number of thioether (sulfide) groups is 1. The van der Waals surface area contributed by atoms with E-state index in [1.54, 1.807) is 4.90 Å². The standard InChI is InChI=1S/C24H28N4O4S/c1-2-11-25-19-8-4-3-7-18(19)23(30)26-12-5-6-17-14-28(24(31)32-17)16-9-10-21-20(13-16)27-22(29)15-33-21/h3-4,7-10,13,17,25H,2,5-6,11-12,14-15H2,1H3,(H,26,30)(H,27,29)/t17-/m1/s1. The highest BCUT2D eigenvalue weighted by atomic mass is 32.2. The summed E-state index contributed by atoms with van der Waals surface area (Å²) in [4.78, 5) is 39.2. The first-order valence-corrected chi connectivity index (χ1v) is 12.2. The van der Waals surface area contributed by atoms with Gasteiger partial charge in [-0.15, -0.1) is 11.8 Å². The topological polar surface area (TPSA) is 99.8 Å². The Hall–Kier alpha value is -3.20. The second-order valence-electron chi connectivity index (χ2n) is 8.00. The van der Waals surface area contributed by atoms with E-state index in [-0.39, 0.29) is 17.9 Å². The van der Waals surface area contributed by atoms with Crippen molar-refractivity contribution in [2.24, 2.45) is 0 Å². The maximum atomic E-state index is 12.6. The Morgan fingerprint density at radius 3 is 2.91 bits per heavy atom. The quantitative estimate of drug-likeness (QED) is 0.480. The fourth-order valence-corrected chi connectivity index (χ4v) is 4.63. The monoisotopic (exact) mass is 468 g/mol. The number of anilines is 3. The fourth-order valence-electron chi connectivity index (χ4n) is 3.84. The van der Waals surface area contributed by atoms with Gasteiger partial charge in [-0.3, -0.25) is 14.5 Å². The van der Waals surface area contributed by atoms with Gasteiger partial charge in [-0.2, -0.15) is 0 Å². The second kappa shape index (κ2) is 10.6.